The molecule has 2 aromatic carbocycles. The van der Waals surface area contributed by atoms with E-state index in [1.165, 1.54) is 18.9 Å². The smallest absolute Gasteiger partial charge is 0.371 e. The Morgan fingerprint density at radius 2 is 1.56 bits per heavy atom. The SMILES string of the molecule is C[C@@H](OC[C@@]1(c2ccccc2)CC(=N)C(=O)N1C)c1cc(C(F)(F)F)cc(C(F)(F)F)c1. The highest BCUT2D eigenvalue weighted by Gasteiger charge is 2.48. The third-order valence-corrected chi connectivity index (χ3v) is 5.64. The summed E-state index contributed by atoms with van der Waals surface area (Å²) in [5, 5.41) is 7.94. The van der Waals surface area contributed by atoms with Gasteiger partial charge in [-0.3, -0.25) is 10.2 Å². The van der Waals surface area contributed by atoms with Gasteiger partial charge in [0.1, 0.15) is 0 Å². The van der Waals surface area contributed by atoms with Gasteiger partial charge in [0.2, 0.25) is 0 Å². The second-order valence-electron chi connectivity index (χ2n) is 7.71. The summed E-state index contributed by atoms with van der Waals surface area (Å²) < 4.78 is 84.8. The highest BCUT2D eigenvalue weighted by Crippen LogP contribution is 2.40. The molecule has 0 spiro atoms. The van der Waals surface area contributed by atoms with Crippen molar-refractivity contribution in [3.8, 4) is 0 Å². The third kappa shape index (κ3) is 4.50. The first kappa shape index (κ1) is 23.8. The molecular weight excluding hydrogens is 438 g/mol. The molecule has 1 aliphatic heterocycles. The van der Waals surface area contributed by atoms with Gasteiger partial charge in [0, 0.05) is 13.5 Å². The minimum absolute atomic E-state index is 0.00451. The summed E-state index contributed by atoms with van der Waals surface area (Å²) in [5.41, 5.74) is -3.76. The van der Waals surface area contributed by atoms with Crippen LogP contribution < -0.4 is 0 Å². The number of likely N-dealkylation sites (tertiary alicyclic amines) is 1. The first-order chi connectivity index (χ1) is 14.8. The first-order valence-electron chi connectivity index (χ1n) is 9.58. The number of benzene rings is 2. The molecule has 32 heavy (non-hydrogen) atoms. The van der Waals surface area contributed by atoms with Crippen molar-refractivity contribution >= 4 is 11.6 Å². The molecule has 0 aromatic heterocycles. The molecule has 1 N–H and O–H groups in total. The molecule has 1 saturated heterocycles. The lowest BCUT2D eigenvalue weighted by Crippen LogP contribution is -2.44. The number of likely N-dealkylation sites (N-methyl/N-ethyl adjacent to an activating group) is 1. The maximum atomic E-state index is 13.2. The van der Waals surface area contributed by atoms with E-state index >= 15 is 0 Å². The van der Waals surface area contributed by atoms with Crippen molar-refractivity contribution in [1.29, 1.82) is 5.41 Å². The number of rotatable bonds is 5. The topological polar surface area (TPSA) is 53.4 Å². The molecule has 0 radical (unpaired) electrons. The molecule has 0 unspecified atom stereocenters. The van der Waals surface area contributed by atoms with Crippen LogP contribution in [0.25, 0.3) is 0 Å². The van der Waals surface area contributed by atoms with Gasteiger partial charge >= 0.3 is 12.4 Å². The summed E-state index contributed by atoms with van der Waals surface area (Å²) in [4.78, 5) is 13.6. The minimum atomic E-state index is -4.96. The molecular formula is C22H20F6N2O2. The molecule has 3 rings (SSSR count). The van der Waals surface area contributed by atoms with Crippen LogP contribution >= 0.6 is 0 Å². The van der Waals surface area contributed by atoms with Crippen LogP contribution in [0.1, 0.15) is 41.7 Å². The monoisotopic (exact) mass is 458 g/mol. The zero-order valence-electron chi connectivity index (χ0n) is 17.1. The van der Waals surface area contributed by atoms with Gasteiger partial charge in [0.25, 0.3) is 5.91 Å². The number of hydrogen-bond donors (Lipinski definition) is 1. The van der Waals surface area contributed by atoms with Crippen molar-refractivity contribution in [3.05, 3.63) is 70.8 Å². The van der Waals surface area contributed by atoms with Crippen molar-refractivity contribution in [1.82, 2.24) is 4.90 Å². The number of alkyl halides is 6. The Morgan fingerprint density at radius 1 is 1.03 bits per heavy atom. The van der Waals surface area contributed by atoms with Gasteiger partial charge in [-0.05, 0) is 36.2 Å². The quantitative estimate of drug-likeness (QED) is 0.595. The first-order valence-corrected chi connectivity index (χ1v) is 9.58. The van der Waals surface area contributed by atoms with Gasteiger partial charge in [0.05, 0.1) is 35.1 Å². The summed E-state index contributed by atoms with van der Waals surface area (Å²) in [5.74, 6) is -0.525. The Labute approximate surface area is 180 Å². The van der Waals surface area contributed by atoms with E-state index in [0.717, 1.165) is 0 Å². The fourth-order valence-corrected chi connectivity index (χ4v) is 3.73. The molecule has 0 aliphatic carbocycles. The van der Waals surface area contributed by atoms with Crippen LogP contribution in [0.2, 0.25) is 0 Å². The van der Waals surface area contributed by atoms with Crippen molar-refractivity contribution in [2.24, 2.45) is 0 Å². The Bertz CT molecular complexity index is 987. The highest BCUT2D eigenvalue weighted by molar-refractivity contribution is 6.39. The lowest BCUT2D eigenvalue weighted by atomic mass is 9.87. The van der Waals surface area contributed by atoms with Crippen LogP contribution in [0.4, 0.5) is 26.3 Å². The van der Waals surface area contributed by atoms with Gasteiger partial charge < -0.3 is 9.64 Å². The average molecular weight is 458 g/mol. The largest absolute Gasteiger partial charge is 0.416 e. The van der Waals surface area contributed by atoms with E-state index in [9.17, 15) is 31.1 Å². The Balaban J connectivity index is 1.95. The third-order valence-electron chi connectivity index (χ3n) is 5.64. The molecule has 1 aliphatic rings. The number of carbonyl (C=O) groups is 1. The standard InChI is InChI=1S/C22H20F6N2O2/c1-13(14-8-16(21(23,24)25)10-17(9-14)22(26,27)28)32-12-20(15-6-4-3-5-7-15)11-18(29)19(31)30(20)2/h3-10,13,29H,11-12H2,1-2H3/t13-,20-/m1/s1. The number of nitrogens with zero attached hydrogens (tertiary/aromatic N) is 1. The summed E-state index contributed by atoms with van der Waals surface area (Å²) >= 11 is 0. The fourth-order valence-electron chi connectivity index (χ4n) is 3.73. The molecule has 0 bridgehead atoms. The Hall–Kier alpha value is -2.88. The van der Waals surface area contributed by atoms with E-state index in [2.05, 4.69) is 0 Å². The van der Waals surface area contributed by atoms with Gasteiger partial charge in [-0.25, -0.2) is 0 Å². The zero-order chi connectivity index (χ0) is 23.9. The van der Waals surface area contributed by atoms with Gasteiger partial charge in [-0.15, -0.1) is 0 Å². The molecule has 1 heterocycles. The molecule has 2 atom stereocenters. The summed E-state index contributed by atoms with van der Waals surface area (Å²) in [6.07, 6.45) is -11.1. The second-order valence-corrected chi connectivity index (χ2v) is 7.71. The van der Waals surface area contributed by atoms with Crippen molar-refractivity contribution < 1.29 is 35.9 Å². The van der Waals surface area contributed by atoms with Crippen molar-refractivity contribution in [2.45, 2.75) is 37.3 Å². The molecule has 10 heteroatoms. The predicted octanol–water partition coefficient (Wildman–Crippen LogP) is 5.58. The van der Waals surface area contributed by atoms with E-state index in [1.54, 1.807) is 30.3 Å². The maximum Gasteiger partial charge on any atom is 0.416 e. The molecule has 0 saturated carbocycles. The van der Waals surface area contributed by atoms with Gasteiger partial charge in [-0.1, -0.05) is 30.3 Å². The van der Waals surface area contributed by atoms with E-state index in [0.29, 0.717) is 17.7 Å². The number of carbonyl (C=O) groups excluding carboxylic acids is 1. The number of halogens is 6. The van der Waals surface area contributed by atoms with E-state index in [1.807, 2.05) is 0 Å². The highest BCUT2D eigenvalue weighted by atomic mass is 19.4. The van der Waals surface area contributed by atoms with Gasteiger partial charge in [-0.2, -0.15) is 26.3 Å². The van der Waals surface area contributed by atoms with E-state index < -0.39 is 41.0 Å². The Morgan fingerprint density at radius 3 is 2.00 bits per heavy atom. The van der Waals surface area contributed by atoms with Crippen LogP contribution in [0.15, 0.2) is 48.5 Å². The summed E-state index contributed by atoms with van der Waals surface area (Å²) in [7, 11) is 1.48. The number of hydrogen-bond acceptors (Lipinski definition) is 3. The maximum absolute atomic E-state index is 13.2. The molecule has 1 fully saturated rings. The summed E-state index contributed by atoms with van der Waals surface area (Å²) in [6.45, 7) is 1.12. The molecule has 2 aromatic rings. The minimum Gasteiger partial charge on any atom is -0.371 e. The zero-order valence-corrected chi connectivity index (χ0v) is 17.1. The lowest BCUT2D eigenvalue weighted by Gasteiger charge is -2.37. The second kappa shape index (κ2) is 8.23. The Kier molecular flexibility index (Phi) is 6.12. The van der Waals surface area contributed by atoms with Crippen molar-refractivity contribution in [3.63, 3.8) is 0 Å². The van der Waals surface area contributed by atoms with E-state index in [-0.39, 0.29) is 30.4 Å². The van der Waals surface area contributed by atoms with Crippen LogP contribution in [0.3, 0.4) is 0 Å². The molecule has 4 nitrogen and oxygen atoms in total. The lowest BCUT2D eigenvalue weighted by molar-refractivity contribution is -0.143. The normalized spacial score (nSPS) is 20.7. The average Bonchev–Trinajstić information content (AvgIpc) is 2.95. The predicted molar refractivity (Wildman–Crippen MR) is 104 cm³/mol. The molecule has 172 valence electrons. The van der Waals surface area contributed by atoms with Crippen LogP contribution in [-0.2, 0) is 27.4 Å². The molecule has 1 amide bonds. The van der Waals surface area contributed by atoms with Gasteiger partial charge in [0.15, 0.2) is 0 Å². The van der Waals surface area contributed by atoms with Crippen LogP contribution in [0, 0.1) is 5.41 Å². The van der Waals surface area contributed by atoms with E-state index in [4.69, 9.17) is 10.1 Å². The van der Waals surface area contributed by atoms with Crippen LogP contribution in [-0.4, -0.2) is 30.2 Å². The number of amides is 1. The number of ether oxygens (including phenoxy) is 1. The number of nitrogens with one attached hydrogen (secondary N) is 1. The summed E-state index contributed by atoms with van der Waals surface area (Å²) in [6, 6.07) is 9.97. The fraction of sp³-hybridized carbons (Fsp3) is 0.364. The van der Waals surface area contributed by atoms with Crippen LogP contribution in [0.5, 0.6) is 0 Å². The van der Waals surface area contributed by atoms with Crippen molar-refractivity contribution in [2.75, 3.05) is 13.7 Å².